The molecule has 1 N–H and O–H groups in total. The largest absolute Gasteiger partial charge is 0.354 e. The van der Waals surface area contributed by atoms with Gasteiger partial charge in [-0.25, -0.2) is 0 Å². The first-order valence-electron chi connectivity index (χ1n) is 6.17. The van der Waals surface area contributed by atoms with E-state index >= 15 is 0 Å². The predicted octanol–water partition coefficient (Wildman–Crippen LogP) is 1.82. The SMILES string of the molecule is CN(C)C(CNC(=O)C1CC1)c1ccccc1. The van der Waals surface area contributed by atoms with Gasteiger partial charge >= 0.3 is 0 Å². The van der Waals surface area contributed by atoms with Gasteiger partial charge in [0.15, 0.2) is 0 Å². The van der Waals surface area contributed by atoms with Gasteiger partial charge in [-0.15, -0.1) is 0 Å². The van der Waals surface area contributed by atoms with E-state index in [9.17, 15) is 4.79 Å². The summed E-state index contributed by atoms with van der Waals surface area (Å²) in [4.78, 5) is 13.8. The van der Waals surface area contributed by atoms with Crippen LogP contribution in [0.3, 0.4) is 0 Å². The first-order chi connectivity index (χ1) is 8.18. The molecule has 3 heteroatoms. The minimum absolute atomic E-state index is 0.216. The van der Waals surface area contributed by atoms with E-state index in [2.05, 4.69) is 22.3 Å². The van der Waals surface area contributed by atoms with Crippen molar-refractivity contribution in [2.45, 2.75) is 18.9 Å². The van der Waals surface area contributed by atoms with Gasteiger partial charge in [0, 0.05) is 12.5 Å². The van der Waals surface area contributed by atoms with E-state index in [1.54, 1.807) is 0 Å². The number of likely N-dealkylation sites (N-methyl/N-ethyl adjacent to an activating group) is 1. The molecular formula is C14H20N2O. The summed E-state index contributed by atoms with van der Waals surface area (Å²) >= 11 is 0. The topological polar surface area (TPSA) is 32.3 Å². The molecule has 1 aromatic carbocycles. The van der Waals surface area contributed by atoms with Gasteiger partial charge in [-0.05, 0) is 32.5 Å². The summed E-state index contributed by atoms with van der Waals surface area (Å²) in [5, 5.41) is 3.04. The molecule has 1 aliphatic carbocycles. The third-order valence-corrected chi connectivity index (χ3v) is 3.23. The van der Waals surface area contributed by atoms with Crippen molar-refractivity contribution in [2.75, 3.05) is 20.6 Å². The molecule has 1 aromatic rings. The van der Waals surface area contributed by atoms with Crippen molar-refractivity contribution in [3.05, 3.63) is 35.9 Å². The standard InChI is InChI=1S/C14H20N2O/c1-16(2)13(11-6-4-3-5-7-11)10-15-14(17)12-8-9-12/h3-7,12-13H,8-10H2,1-2H3,(H,15,17). The van der Waals surface area contributed by atoms with Gasteiger partial charge in [0.25, 0.3) is 0 Å². The second-order valence-corrected chi connectivity index (χ2v) is 4.91. The fourth-order valence-corrected chi connectivity index (χ4v) is 1.96. The summed E-state index contributed by atoms with van der Waals surface area (Å²) in [5.74, 6) is 0.501. The summed E-state index contributed by atoms with van der Waals surface area (Å²) in [5.41, 5.74) is 1.24. The maximum atomic E-state index is 11.6. The minimum atomic E-state index is 0.216. The molecule has 0 radical (unpaired) electrons. The number of amides is 1. The van der Waals surface area contributed by atoms with Gasteiger partial charge in [0.2, 0.25) is 5.91 Å². The van der Waals surface area contributed by atoms with Crippen LogP contribution in [0.25, 0.3) is 0 Å². The summed E-state index contributed by atoms with van der Waals surface area (Å²) < 4.78 is 0. The van der Waals surface area contributed by atoms with E-state index in [1.165, 1.54) is 5.56 Å². The highest BCUT2D eigenvalue weighted by molar-refractivity contribution is 5.80. The fourth-order valence-electron chi connectivity index (χ4n) is 1.96. The zero-order valence-electron chi connectivity index (χ0n) is 10.5. The van der Waals surface area contributed by atoms with Crippen molar-refractivity contribution in [1.82, 2.24) is 10.2 Å². The van der Waals surface area contributed by atoms with Crippen molar-refractivity contribution in [3.8, 4) is 0 Å². The number of hydrogen-bond acceptors (Lipinski definition) is 2. The van der Waals surface area contributed by atoms with Crippen LogP contribution < -0.4 is 5.32 Å². The number of carbonyl (C=O) groups is 1. The molecule has 0 bridgehead atoms. The highest BCUT2D eigenvalue weighted by Crippen LogP contribution is 2.29. The number of hydrogen-bond donors (Lipinski definition) is 1. The van der Waals surface area contributed by atoms with Crippen LogP contribution in [-0.4, -0.2) is 31.4 Å². The maximum Gasteiger partial charge on any atom is 0.223 e. The number of rotatable bonds is 5. The Morgan fingerprint density at radius 3 is 2.53 bits per heavy atom. The predicted molar refractivity (Wildman–Crippen MR) is 68.6 cm³/mol. The molecule has 1 amide bonds. The first kappa shape index (κ1) is 12.1. The first-order valence-corrected chi connectivity index (χ1v) is 6.17. The van der Waals surface area contributed by atoms with Crippen LogP contribution in [0.1, 0.15) is 24.4 Å². The van der Waals surface area contributed by atoms with Gasteiger partial charge in [0.05, 0.1) is 6.04 Å². The molecule has 0 aromatic heterocycles. The van der Waals surface area contributed by atoms with E-state index in [0.29, 0.717) is 6.54 Å². The van der Waals surface area contributed by atoms with Crippen LogP contribution in [0.5, 0.6) is 0 Å². The Labute approximate surface area is 103 Å². The number of nitrogens with zero attached hydrogens (tertiary/aromatic N) is 1. The van der Waals surface area contributed by atoms with Crippen molar-refractivity contribution in [3.63, 3.8) is 0 Å². The lowest BCUT2D eigenvalue weighted by Gasteiger charge is -2.25. The lowest BCUT2D eigenvalue weighted by atomic mass is 10.1. The molecule has 0 aliphatic heterocycles. The molecular weight excluding hydrogens is 212 g/mol. The number of benzene rings is 1. The normalized spacial score (nSPS) is 16.9. The third kappa shape index (κ3) is 3.30. The number of nitrogens with one attached hydrogen (secondary N) is 1. The molecule has 1 atom stereocenters. The summed E-state index contributed by atoms with van der Waals surface area (Å²) in [7, 11) is 4.09. The Hall–Kier alpha value is -1.35. The van der Waals surface area contributed by atoms with Crippen LogP contribution >= 0.6 is 0 Å². The Morgan fingerprint density at radius 2 is 2.00 bits per heavy atom. The molecule has 17 heavy (non-hydrogen) atoms. The van der Waals surface area contributed by atoms with E-state index in [4.69, 9.17) is 0 Å². The second-order valence-electron chi connectivity index (χ2n) is 4.91. The van der Waals surface area contributed by atoms with Gasteiger partial charge in [0.1, 0.15) is 0 Å². The highest BCUT2D eigenvalue weighted by atomic mass is 16.2. The molecule has 1 saturated carbocycles. The smallest absolute Gasteiger partial charge is 0.223 e. The van der Waals surface area contributed by atoms with E-state index in [1.807, 2.05) is 32.3 Å². The maximum absolute atomic E-state index is 11.6. The molecule has 1 unspecified atom stereocenters. The Balaban J connectivity index is 1.95. The molecule has 0 spiro atoms. The highest BCUT2D eigenvalue weighted by Gasteiger charge is 2.29. The molecule has 0 saturated heterocycles. The summed E-state index contributed by atoms with van der Waals surface area (Å²) in [6, 6.07) is 10.5. The van der Waals surface area contributed by atoms with Gasteiger partial charge in [-0.3, -0.25) is 4.79 Å². The average molecular weight is 232 g/mol. The molecule has 3 nitrogen and oxygen atoms in total. The Bertz CT molecular complexity index is 371. The third-order valence-electron chi connectivity index (χ3n) is 3.23. The Kier molecular flexibility index (Phi) is 3.79. The minimum Gasteiger partial charge on any atom is -0.354 e. The summed E-state index contributed by atoms with van der Waals surface area (Å²) in [6.45, 7) is 0.687. The van der Waals surface area contributed by atoms with Crippen molar-refractivity contribution in [2.24, 2.45) is 5.92 Å². The molecule has 2 rings (SSSR count). The van der Waals surface area contributed by atoms with Crippen molar-refractivity contribution in [1.29, 1.82) is 0 Å². The van der Waals surface area contributed by atoms with Gasteiger partial charge < -0.3 is 10.2 Å². The van der Waals surface area contributed by atoms with Crippen LogP contribution in [0.15, 0.2) is 30.3 Å². The van der Waals surface area contributed by atoms with Gasteiger partial charge in [-0.1, -0.05) is 30.3 Å². The summed E-state index contributed by atoms with van der Waals surface area (Å²) in [6.07, 6.45) is 2.12. The van der Waals surface area contributed by atoms with Crippen LogP contribution in [-0.2, 0) is 4.79 Å². The quantitative estimate of drug-likeness (QED) is 0.840. The molecule has 0 heterocycles. The van der Waals surface area contributed by atoms with Crippen LogP contribution in [0, 0.1) is 5.92 Å². The monoisotopic (exact) mass is 232 g/mol. The lowest BCUT2D eigenvalue weighted by Crippen LogP contribution is -2.35. The van der Waals surface area contributed by atoms with Crippen LogP contribution in [0.2, 0.25) is 0 Å². The van der Waals surface area contributed by atoms with E-state index < -0.39 is 0 Å². The zero-order valence-corrected chi connectivity index (χ0v) is 10.5. The van der Waals surface area contributed by atoms with Gasteiger partial charge in [-0.2, -0.15) is 0 Å². The second kappa shape index (κ2) is 5.32. The van der Waals surface area contributed by atoms with E-state index in [-0.39, 0.29) is 17.9 Å². The van der Waals surface area contributed by atoms with Crippen LogP contribution in [0.4, 0.5) is 0 Å². The Morgan fingerprint density at radius 1 is 1.35 bits per heavy atom. The lowest BCUT2D eigenvalue weighted by molar-refractivity contribution is -0.122. The molecule has 1 fully saturated rings. The van der Waals surface area contributed by atoms with E-state index in [0.717, 1.165) is 12.8 Å². The van der Waals surface area contributed by atoms with Crippen molar-refractivity contribution >= 4 is 5.91 Å². The van der Waals surface area contributed by atoms with Crippen molar-refractivity contribution < 1.29 is 4.79 Å². The number of carbonyl (C=O) groups excluding carboxylic acids is 1. The zero-order chi connectivity index (χ0) is 12.3. The molecule has 92 valence electrons. The molecule has 1 aliphatic rings. The fraction of sp³-hybridized carbons (Fsp3) is 0.500. The average Bonchev–Trinajstić information content (AvgIpc) is 3.14.